The standard InChI is InChI=1S/C26H24ClFN2O2S/c1-5-18-9-6-8-15(2)24(18)30-16(3)12-19(17(30)4)13-23-25(31)29(26(32)33-23)14-20-21(27)10-7-11-22(20)28/h6-13H,5,14H2,1-4H3/b23-13-. The number of benzene rings is 2. The number of carbonyl (C=O) groups excluding carboxylic acids is 2. The Morgan fingerprint density at radius 2 is 1.82 bits per heavy atom. The lowest BCUT2D eigenvalue weighted by molar-refractivity contribution is -0.123. The Morgan fingerprint density at radius 3 is 2.52 bits per heavy atom. The molecule has 0 saturated carbocycles. The predicted molar refractivity (Wildman–Crippen MR) is 132 cm³/mol. The molecule has 2 amide bonds. The van der Waals surface area contributed by atoms with Crippen molar-refractivity contribution in [2.24, 2.45) is 0 Å². The molecule has 4 nitrogen and oxygen atoms in total. The molecule has 0 aliphatic carbocycles. The minimum Gasteiger partial charge on any atom is -0.317 e. The number of hydrogen-bond acceptors (Lipinski definition) is 3. The van der Waals surface area contributed by atoms with Crippen molar-refractivity contribution in [3.63, 3.8) is 0 Å². The highest BCUT2D eigenvalue weighted by Crippen LogP contribution is 2.36. The molecule has 1 aliphatic rings. The molecule has 170 valence electrons. The van der Waals surface area contributed by atoms with E-state index < -0.39 is 17.0 Å². The first-order chi connectivity index (χ1) is 15.7. The number of aryl methyl sites for hydroxylation is 3. The maximum atomic E-state index is 14.2. The van der Waals surface area contributed by atoms with Gasteiger partial charge in [0.15, 0.2) is 0 Å². The monoisotopic (exact) mass is 482 g/mol. The number of amides is 2. The van der Waals surface area contributed by atoms with E-state index in [1.54, 1.807) is 12.1 Å². The quantitative estimate of drug-likeness (QED) is 0.368. The van der Waals surface area contributed by atoms with Crippen LogP contribution in [0.25, 0.3) is 11.8 Å². The third kappa shape index (κ3) is 4.25. The first-order valence-corrected chi connectivity index (χ1v) is 11.9. The Hall–Kier alpha value is -2.83. The van der Waals surface area contributed by atoms with Crippen LogP contribution >= 0.6 is 23.4 Å². The van der Waals surface area contributed by atoms with Gasteiger partial charge >= 0.3 is 0 Å². The molecule has 2 aromatic carbocycles. The molecule has 1 aliphatic heterocycles. The molecule has 1 aromatic heterocycles. The Kier molecular flexibility index (Phi) is 6.50. The van der Waals surface area contributed by atoms with E-state index in [-0.39, 0.29) is 17.1 Å². The van der Waals surface area contributed by atoms with Gasteiger partial charge in [0.05, 0.1) is 17.1 Å². The van der Waals surface area contributed by atoms with E-state index in [0.717, 1.165) is 45.7 Å². The Bertz CT molecular complexity index is 1290. The lowest BCUT2D eigenvalue weighted by Crippen LogP contribution is -2.28. The molecule has 0 radical (unpaired) electrons. The number of para-hydroxylation sites is 1. The van der Waals surface area contributed by atoms with Gasteiger partial charge in [0.2, 0.25) is 0 Å². The predicted octanol–water partition coefficient (Wildman–Crippen LogP) is 6.99. The van der Waals surface area contributed by atoms with Gasteiger partial charge in [0.1, 0.15) is 5.82 Å². The van der Waals surface area contributed by atoms with Crippen molar-refractivity contribution >= 4 is 40.6 Å². The van der Waals surface area contributed by atoms with Gasteiger partial charge in [-0.05, 0) is 79.9 Å². The summed E-state index contributed by atoms with van der Waals surface area (Å²) < 4.78 is 16.4. The molecule has 0 unspecified atom stereocenters. The van der Waals surface area contributed by atoms with Crippen molar-refractivity contribution in [3.8, 4) is 5.69 Å². The average Bonchev–Trinajstić information content (AvgIpc) is 3.19. The van der Waals surface area contributed by atoms with E-state index in [4.69, 9.17) is 11.6 Å². The fraction of sp³-hybridized carbons (Fsp3) is 0.231. The average molecular weight is 483 g/mol. The Morgan fingerprint density at radius 1 is 1.09 bits per heavy atom. The Balaban J connectivity index is 1.69. The summed E-state index contributed by atoms with van der Waals surface area (Å²) in [7, 11) is 0. The van der Waals surface area contributed by atoms with Crippen LogP contribution in [0, 0.1) is 26.6 Å². The van der Waals surface area contributed by atoms with Crippen molar-refractivity contribution in [1.82, 2.24) is 9.47 Å². The molecule has 1 saturated heterocycles. The highest BCUT2D eigenvalue weighted by molar-refractivity contribution is 8.18. The molecular weight excluding hydrogens is 459 g/mol. The second-order valence-corrected chi connectivity index (χ2v) is 9.47. The van der Waals surface area contributed by atoms with E-state index in [1.165, 1.54) is 23.3 Å². The largest absolute Gasteiger partial charge is 0.317 e. The first-order valence-electron chi connectivity index (χ1n) is 10.7. The fourth-order valence-electron chi connectivity index (χ4n) is 4.22. The summed E-state index contributed by atoms with van der Waals surface area (Å²) in [6.07, 6.45) is 2.65. The van der Waals surface area contributed by atoms with Gasteiger partial charge in [-0.1, -0.05) is 42.8 Å². The summed E-state index contributed by atoms with van der Waals surface area (Å²) in [6, 6.07) is 12.6. The van der Waals surface area contributed by atoms with Crippen molar-refractivity contribution in [1.29, 1.82) is 0 Å². The van der Waals surface area contributed by atoms with Crippen LogP contribution in [0.3, 0.4) is 0 Å². The number of hydrogen-bond donors (Lipinski definition) is 0. The Labute approximate surface area is 202 Å². The number of rotatable bonds is 5. The number of halogens is 2. The topological polar surface area (TPSA) is 42.3 Å². The van der Waals surface area contributed by atoms with Gasteiger partial charge in [0, 0.05) is 22.0 Å². The minimum absolute atomic E-state index is 0.132. The van der Waals surface area contributed by atoms with Gasteiger partial charge in [-0.25, -0.2) is 4.39 Å². The molecule has 2 heterocycles. The maximum Gasteiger partial charge on any atom is 0.293 e. The van der Waals surface area contributed by atoms with Crippen molar-refractivity contribution < 1.29 is 14.0 Å². The third-order valence-corrected chi connectivity index (χ3v) is 7.20. The molecule has 33 heavy (non-hydrogen) atoms. The molecule has 0 N–H and O–H groups in total. The van der Waals surface area contributed by atoms with Crippen molar-refractivity contribution in [2.45, 2.75) is 40.7 Å². The summed E-state index contributed by atoms with van der Waals surface area (Å²) in [5, 5.41) is -0.252. The summed E-state index contributed by atoms with van der Waals surface area (Å²) >= 11 is 6.95. The molecule has 4 rings (SSSR count). The number of carbonyl (C=O) groups is 2. The van der Waals surface area contributed by atoms with Crippen LogP contribution in [0.2, 0.25) is 5.02 Å². The number of thioether (sulfide) groups is 1. The lowest BCUT2D eigenvalue weighted by atomic mass is 10.1. The van der Waals surface area contributed by atoms with Crippen LogP contribution in [0.5, 0.6) is 0 Å². The summed E-state index contributed by atoms with van der Waals surface area (Å²) in [6.45, 7) is 8.06. The second-order valence-electron chi connectivity index (χ2n) is 8.07. The second kappa shape index (κ2) is 9.20. The van der Waals surface area contributed by atoms with Crippen molar-refractivity contribution in [2.75, 3.05) is 0 Å². The van der Waals surface area contributed by atoms with Crippen molar-refractivity contribution in [3.05, 3.63) is 91.9 Å². The number of imide groups is 1. The van der Waals surface area contributed by atoms with Crippen LogP contribution in [0.1, 0.15) is 40.6 Å². The van der Waals surface area contributed by atoms with E-state index in [0.29, 0.717) is 4.91 Å². The normalized spacial score (nSPS) is 15.2. The maximum absolute atomic E-state index is 14.2. The van der Waals surface area contributed by atoms with Crippen LogP contribution in [0.15, 0.2) is 47.4 Å². The van der Waals surface area contributed by atoms with Gasteiger partial charge in [0.25, 0.3) is 11.1 Å². The van der Waals surface area contributed by atoms with Gasteiger partial charge in [-0.3, -0.25) is 14.5 Å². The molecule has 0 spiro atoms. The highest BCUT2D eigenvalue weighted by Gasteiger charge is 2.36. The van der Waals surface area contributed by atoms with Gasteiger partial charge in [-0.15, -0.1) is 0 Å². The van der Waals surface area contributed by atoms with E-state index >= 15 is 0 Å². The summed E-state index contributed by atoms with van der Waals surface area (Å²) in [5.74, 6) is -0.988. The zero-order valence-corrected chi connectivity index (χ0v) is 20.5. The van der Waals surface area contributed by atoms with Gasteiger partial charge in [-0.2, -0.15) is 0 Å². The SMILES string of the molecule is CCc1cccc(C)c1-n1c(C)cc(/C=C2\SC(=O)N(Cc3c(F)cccc3Cl)C2=O)c1C. The minimum atomic E-state index is -0.543. The zero-order valence-electron chi connectivity index (χ0n) is 18.9. The number of nitrogens with zero attached hydrogens (tertiary/aromatic N) is 2. The van der Waals surface area contributed by atoms with Crippen LogP contribution in [0.4, 0.5) is 9.18 Å². The number of aromatic nitrogens is 1. The van der Waals surface area contributed by atoms with Crippen LogP contribution in [-0.2, 0) is 17.8 Å². The summed E-state index contributed by atoms with van der Waals surface area (Å²) in [4.78, 5) is 26.9. The van der Waals surface area contributed by atoms with Gasteiger partial charge < -0.3 is 4.57 Å². The first kappa shape index (κ1) is 23.3. The van der Waals surface area contributed by atoms with Crippen LogP contribution < -0.4 is 0 Å². The lowest BCUT2D eigenvalue weighted by Gasteiger charge is -2.17. The third-order valence-electron chi connectivity index (χ3n) is 5.93. The zero-order chi connectivity index (χ0) is 23.9. The highest BCUT2D eigenvalue weighted by atomic mass is 35.5. The molecule has 0 bridgehead atoms. The van der Waals surface area contributed by atoms with E-state index in [9.17, 15) is 14.0 Å². The molecule has 3 aromatic rings. The van der Waals surface area contributed by atoms with Crippen LogP contribution in [-0.4, -0.2) is 20.6 Å². The van der Waals surface area contributed by atoms with E-state index in [1.807, 2.05) is 19.9 Å². The summed E-state index contributed by atoms with van der Waals surface area (Å²) in [5.41, 5.74) is 6.59. The van der Waals surface area contributed by atoms with E-state index in [2.05, 4.69) is 36.6 Å². The smallest absolute Gasteiger partial charge is 0.293 e. The molecular formula is C26H24ClFN2O2S. The molecule has 0 atom stereocenters. The fourth-order valence-corrected chi connectivity index (χ4v) is 5.27. The molecule has 7 heteroatoms. The molecule has 1 fully saturated rings.